The molecule has 0 aromatic heterocycles. The van der Waals surface area contributed by atoms with Gasteiger partial charge in [-0.1, -0.05) is 19.1 Å². The normalized spacial score (nSPS) is 12.1. The Morgan fingerprint density at radius 2 is 2.00 bits per heavy atom. The second kappa shape index (κ2) is 6.23. The van der Waals surface area contributed by atoms with Crippen LogP contribution in [-0.2, 0) is 11.2 Å². The molecule has 0 heterocycles. The maximum atomic E-state index is 10.4. The maximum Gasteiger partial charge on any atom is 0.122 e. The second-order valence-corrected chi connectivity index (χ2v) is 3.85. The van der Waals surface area contributed by atoms with E-state index in [2.05, 4.69) is 12.1 Å². The van der Waals surface area contributed by atoms with Crippen molar-refractivity contribution in [2.75, 3.05) is 7.11 Å². The summed E-state index contributed by atoms with van der Waals surface area (Å²) in [5, 5.41) is 0. The molecule has 0 saturated carbocycles. The molecular weight excluding hydrogens is 188 g/mol. The fourth-order valence-electron chi connectivity index (χ4n) is 1.49. The summed E-state index contributed by atoms with van der Waals surface area (Å²) < 4.78 is 5.08. The van der Waals surface area contributed by atoms with E-state index in [1.807, 2.05) is 19.1 Å². The van der Waals surface area contributed by atoms with Gasteiger partial charge in [0.15, 0.2) is 0 Å². The largest absolute Gasteiger partial charge is 0.497 e. The molecule has 0 aliphatic rings. The molecule has 0 aliphatic carbocycles. The van der Waals surface area contributed by atoms with Crippen molar-refractivity contribution >= 4 is 6.29 Å². The minimum Gasteiger partial charge on any atom is -0.497 e. The molecule has 2 heteroatoms. The number of benzene rings is 1. The van der Waals surface area contributed by atoms with Crippen molar-refractivity contribution in [1.82, 2.24) is 0 Å². The van der Waals surface area contributed by atoms with Crippen LogP contribution >= 0.6 is 0 Å². The lowest BCUT2D eigenvalue weighted by Gasteiger charge is -2.04. The summed E-state index contributed by atoms with van der Waals surface area (Å²) in [4.78, 5) is 10.4. The van der Waals surface area contributed by atoms with Crippen LogP contribution in [0.4, 0.5) is 0 Å². The van der Waals surface area contributed by atoms with E-state index in [0.717, 1.165) is 31.3 Å². The van der Waals surface area contributed by atoms with Crippen molar-refractivity contribution in [1.29, 1.82) is 0 Å². The number of ether oxygens (including phenoxy) is 1. The summed E-state index contributed by atoms with van der Waals surface area (Å²) in [7, 11) is 1.67. The van der Waals surface area contributed by atoms with Gasteiger partial charge in [-0.15, -0.1) is 0 Å². The van der Waals surface area contributed by atoms with E-state index < -0.39 is 0 Å². The highest BCUT2D eigenvalue weighted by atomic mass is 16.5. The smallest absolute Gasteiger partial charge is 0.122 e. The van der Waals surface area contributed by atoms with Gasteiger partial charge in [-0.2, -0.15) is 0 Å². The molecule has 0 saturated heterocycles. The summed E-state index contributed by atoms with van der Waals surface area (Å²) in [6, 6.07) is 8.09. The van der Waals surface area contributed by atoms with E-state index in [4.69, 9.17) is 4.74 Å². The topological polar surface area (TPSA) is 26.3 Å². The van der Waals surface area contributed by atoms with Crippen LogP contribution in [0.15, 0.2) is 24.3 Å². The van der Waals surface area contributed by atoms with E-state index in [0.29, 0.717) is 0 Å². The quantitative estimate of drug-likeness (QED) is 0.669. The first-order chi connectivity index (χ1) is 7.26. The number of carbonyl (C=O) groups excluding carboxylic acids is 1. The number of aryl methyl sites for hydroxylation is 1. The average Bonchev–Trinajstić information content (AvgIpc) is 2.29. The number of hydrogen-bond donors (Lipinski definition) is 0. The lowest BCUT2D eigenvalue weighted by atomic mass is 10.0. The predicted molar refractivity (Wildman–Crippen MR) is 61.2 cm³/mol. The van der Waals surface area contributed by atoms with Crippen molar-refractivity contribution in [2.24, 2.45) is 5.92 Å². The van der Waals surface area contributed by atoms with Crippen molar-refractivity contribution < 1.29 is 9.53 Å². The Bertz CT molecular complexity index is 290. The first-order valence-corrected chi connectivity index (χ1v) is 5.34. The Morgan fingerprint density at radius 1 is 1.33 bits per heavy atom. The molecule has 0 fully saturated rings. The lowest BCUT2D eigenvalue weighted by Crippen LogP contribution is -1.96. The van der Waals surface area contributed by atoms with E-state index in [1.54, 1.807) is 7.11 Å². The van der Waals surface area contributed by atoms with E-state index >= 15 is 0 Å². The molecule has 0 N–H and O–H groups in total. The highest BCUT2D eigenvalue weighted by Gasteiger charge is 2.00. The summed E-state index contributed by atoms with van der Waals surface area (Å²) in [6.07, 6.45) is 4.08. The van der Waals surface area contributed by atoms with Gasteiger partial charge in [0.25, 0.3) is 0 Å². The van der Waals surface area contributed by atoms with Crippen molar-refractivity contribution in [3.05, 3.63) is 29.8 Å². The average molecular weight is 206 g/mol. The lowest BCUT2D eigenvalue weighted by molar-refractivity contribution is -0.110. The SMILES string of the molecule is COc1ccc(CCC[C@H](C)C=O)cc1. The van der Waals surface area contributed by atoms with Gasteiger partial charge >= 0.3 is 0 Å². The van der Waals surface area contributed by atoms with Crippen molar-refractivity contribution in [3.63, 3.8) is 0 Å². The molecule has 1 aromatic carbocycles. The third kappa shape index (κ3) is 4.15. The van der Waals surface area contributed by atoms with E-state index in [9.17, 15) is 4.79 Å². The predicted octanol–water partition coefficient (Wildman–Crippen LogP) is 2.85. The Kier molecular flexibility index (Phi) is 4.88. The van der Waals surface area contributed by atoms with Gasteiger partial charge in [-0.05, 0) is 37.0 Å². The van der Waals surface area contributed by atoms with Gasteiger partial charge in [0, 0.05) is 5.92 Å². The molecule has 1 atom stereocenters. The van der Waals surface area contributed by atoms with Crippen LogP contribution in [0.1, 0.15) is 25.3 Å². The fourth-order valence-corrected chi connectivity index (χ4v) is 1.49. The van der Waals surface area contributed by atoms with Gasteiger partial charge in [0.2, 0.25) is 0 Å². The number of aldehydes is 1. The summed E-state index contributed by atoms with van der Waals surface area (Å²) in [6.45, 7) is 1.96. The fraction of sp³-hybridized carbons (Fsp3) is 0.462. The first kappa shape index (κ1) is 11.8. The standard InChI is InChI=1S/C13H18O2/c1-11(10-14)4-3-5-12-6-8-13(15-2)9-7-12/h6-11H,3-5H2,1-2H3/t11-/m0/s1. The molecule has 0 spiro atoms. The third-order valence-corrected chi connectivity index (χ3v) is 2.52. The molecule has 0 aliphatic heterocycles. The maximum absolute atomic E-state index is 10.4. The molecule has 0 bridgehead atoms. The molecule has 82 valence electrons. The Morgan fingerprint density at radius 3 is 2.53 bits per heavy atom. The summed E-state index contributed by atoms with van der Waals surface area (Å²) in [5.41, 5.74) is 1.30. The third-order valence-electron chi connectivity index (χ3n) is 2.52. The molecule has 15 heavy (non-hydrogen) atoms. The minimum atomic E-state index is 0.184. The van der Waals surface area contributed by atoms with Crippen LogP contribution < -0.4 is 4.74 Å². The molecule has 0 radical (unpaired) electrons. The highest BCUT2D eigenvalue weighted by molar-refractivity contribution is 5.52. The Balaban J connectivity index is 2.34. The van der Waals surface area contributed by atoms with Crippen LogP contribution in [0.2, 0.25) is 0 Å². The zero-order valence-electron chi connectivity index (χ0n) is 9.40. The molecular formula is C13H18O2. The molecule has 1 rings (SSSR count). The Labute approximate surface area is 91.3 Å². The van der Waals surface area contributed by atoms with Gasteiger partial charge < -0.3 is 9.53 Å². The molecule has 0 unspecified atom stereocenters. The van der Waals surface area contributed by atoms with Crippen LogP contribution in [0.25, 0.3) is 0 Å². The summed E-state index contributed by atoms with van der Waals surface area (Å²) in [5.74, 6) is 1.07. The zero-order chi connectivity index (χ0) is 11.1. The van der Waals surface area contributed by atoms with E-state index in [-0.39, 0.29) is 5.92 Å². The van der Waals surface area contributed by atoms with Crippen molar-refractivity contribution in [2.45, 2.75) is 26.2 Å². The van der Waals surface area contributed by atoms with Gasteiger partial charge in [-0.25, -0.2) is 0 Å². The molecule has 1 aromatic rings. The number of carbonyl (C=O) groups is 1. The first-order valence-electron chi connectivity index (χ1n) is 5.34. The van der Waals surface area contributed by atoms with Gasteiger partial charge in [0.05, 0.1) is 7.11 Å². The molecule has 0 amide bonds. The number of rotatable bonds is 6. The van der Waals surface area contributed by atoms with Crippen LogP contribution in [-0.4, -0.2) is 13.4 Å². The van der Waals surface area contributed by atoms with Crippen LogP contribution in [0, 0.1) is 5.92 Å². The van der Waals surface area contributed by atoms with Crippen LogP contribution in [0.5, 0.6) is 5.75 Å². The number of methoxy groups -OCH3 is 1. The number of hydrogen-bond acceptors (Lipinski definition) is 2. The second-order valence-electron chi connectivity index (χ2n) is 3.85. The van der Waals surface area contributed by atoms with Crippen molar-refractivity contribution in [3.8, 4) is 5.75 Å². The highest BCUT2D eigenvalue weighted by Crippen LogP contribution is 2.14. The zero-order valence-corrected chi connectivity index (χ0v) is 9.40. The Hall–Kier alpha value is -1.31. The minimum absolute atomic E-state index is 0.184. The monoisotopic (exact) mass is 206 g/mol. The van der Waals surface area contributed by atoms with Crippen LogP contribution in [0.3, 0.4) is 0 Å². The molecule has 2 nitrogen and oxygen atoms in total. The van der Waals surface area contributed by atoms with Gasteiger partial charge in [-0.3, -0.25) is 0 Å². The van der Waals surface area contributed by atoms with E-state index in [1.165, 1.54) is 5.56 Å². The van der Waals surface area contributed by atoms with Gasteiger partial charge in [0.1, 0.15) is 12.0 Å². The summed E-state index contributed by atoms with van der Waals surface area (Å²) >= 11 is 0.